The number of amides is 1. The quantitative estimate of drug-likeness (QED) is 0.251. The van der Waals surface area contributed by atoms with Gasteiger partial charge in [0, 0.05) is 70.2 Å². The first-order chi connectivity index (χ1) is 18.6. The van der Waals surface area contributed by atoms with Crippen LogP contribution in [0.2, 0.25) is 0 Å². The molecule has 0 aliphatic carbocycles. The van der Waals surface area contributed by atoms with Crippen molar-refractivity contribution in [2.75, 3.05) is 72.1 Å². The van der Waals surface area contributed by atoms with Crippen molar-refractivity contribution in [1.82, 2.24) is 25.3 Å². The third kappa shape index (κ3) is 6.94. The van der Waals surface area contributed by atoms with Gasteiger partial charge in [-0.25, -0.2) is 4.39 Å². The van der Waals surface area contributed by atoms with E-state index in [9.17, 15) is 9.18 Å². The Hall–Kier alpha value is -0.920. The average Bonchev–Trinajstić information content (AvgIpc) is 2.84. The number of halogens is 2. The van der Waals surface area contributed by atoms with Crippen LogP contribution in [0.25, 0.3) is 0 Å². The van der Waals surface area contributed by atoms with Crippen LogP contribution in [0, 0.1) is 11.3 Å². The van der Waals surface area contributed by atoms with E-state index in [2.05, 4.69) is 44.2 Å². The van der Waals surface area contributed by atoms with Gasteiger partial charge in [0.2, 0.25) is 5.91 Å². The van der Waals surface area contributed by atoms with Crippen molar-refractivity contribution in [3.8, 4) is 0 Å². The lowest BCUT2D eigenvalue weighted by molar-refractivity contribution is -0.125. The van der Waals surface area contributed by atoms with Crippen molar-refractivity contribution in [2.45, 2.75) is 75.0 Å². The second-order valence-corrected chi connectivity index (χ2v) is 13.6. The molecule has 0 aromatic rings. The lowest BCUT2D eigenvalue weighted by atomic mass is 9.77. The summed E-state index contributed by atoms with van der Waals surface area (Å²) in [4.78, 5) is 26.0. The lowest BCUT2D eigenvalue weighted by Crippen LogP contribution is -2.71. The molecule has 0 saturated carbocycles. The van der Waals surface area contributed by atoms with Gasteiger partial charge in [0.05, 0.1) is 43.4 Å². The minimum Gasteiger partial charge on any atom is -0.378 e. The van der Waals surface area contributed by atoms with Crippen LogP contribution >= 0.6 is 11.6 Å². The summed E-state index contributed by atoms with van der Waals surface area (Å²) in [6.45, 7) is 13.2. The Kier molecular flexibility index (Phi) is 9.50. The first kappa shape index (κ1) is 29.6. The molecule has 4 saturated heterocycles. The molecule has 0 spiro atoms. The molecule has 12 heteroatoms. The number of hydrogen-bond acceptors (Lipinski definition) is 9. The van der Waals surface area contributed by atoms with Gasteiger partial charge >= 0.3 is 0 Å². The minimum atomic E-state index is -1.02. The summed E-state index contributed by atoms with van der Waals surface area (Å²) in [5, 5.41) is 6.51. The van der Waals surface area contributed by atoms with Crippen LogP contribution < -0.4 is 22.1 Å². The summed E-state index contributed by atoms with van der Waals surface area (Å²) in [6, 6.07) is 0.772. The van der Waals surface area contributed by atoms with Crippen molar-refractivity contribution >= 4 is 23.2 Å². The third-order valence-electron chi connectivity index (χ3n) is 9.44. The fourth-order valence-electron chi connectivity index (χ4n) is 7.05. The molecule has 5 aliphatic heterocycles. The molecule has 0 aromatic carbocycles. The van der Waals surface area contributed by atoms with E-state index in [4.69, 9.17) is 27.8 Å². The molecule has 0 aromatic heterocycles. The second-order valence-electron chi connectivity index (χ2n) is 13.0. The van der Waals surface area contributed by atoms with E-state index >= 15 is 0 Å². The number of piperazine rings is 2. The van der Waals surface area contributed by atoms with Crippen LogP contribution in [0.15, 0.2) is 4.99 Å². The van der Waals surface area contributed by atoms with Gasteiger partial charge in [0.1, 0.15) is 12.1 Å². The van der Waals surface area contributed by atoms with E-state index in [1.54, 1.807) is 0 Å². The number of nitrogens with zero attached hydrogens (tertiary/aromatic N) is 4. The second kappa shape index (κ2) is 12.5. The molecule has 1 amide bonds. The Morgan fingerprint density at radius 2 is 1.82 bits per heavy atom. The fraction of sp³-hybridized carbons (Fsp3) is 0.926. The summed E-state index contributed by atoms with van der Waals surface area (Å²) in [5.74, 6) is -1.05. The van der Waals surface area contributed by atoms with E-state index in [1.165, 1.54) is 0 Å². The smallest absolute Gasteiger partial charge is 0.232 e. The zero-order valence-electron chi connectivity index (χ0n) is 23.5. The molecule has 10 nitrogen and oxygen atoms in total. The van der Waals surface area contributed by atoms with Gasteiger partial charge < -0.3 is 26.8 Å². The summed E-state index contributed by atoms with van der Waals surface area (Å²) in [5.41, 5.74) is 12.8. The van der Waals surface area contributed by atoms with Gasteiger partial charge in [-0.3, -0.25) is 24.5 Å². The van der Waals surface area contributed by atoms with E-state index in [0.717, 1.165) is 58.9 Å². The van der Waals surface area contributed by atoms with Crippen LogP contribution in [0.4, 0.5) is 4.39 Å². The molecule has 0 radical (unpaired) electrons. The molecule has 5 rings (SSSR count). The molecule has 6 atom stereocenters. The first-order valence-corrected chi connectivity index (χ1v) is 15.2. The number of fused-ring (bicyclic) bond motifs is 1. The van der Waals surface area contributed by atoms with E-state index in [0.29, 0.717) is 43.7 Å². The number of hydrogen-bond donors (Lipinski definition) is 4. The molecular weight excluding hydrogens is 523 g/mol. The number of carbonyl (C=O) groups excluding carboxylic acids is 1. The molecule has 222 valence electrons. The molecule has 5 aliphatic rings. The highest BCUT2D eigenvalue weighted by Crippen LogP contribution is 2.33. The number of carbonyl (C=O) groups is 1. The zero-order chi connectivity index (χ0) is 27.7. The number of ether oxygens (including phenoxy) is 1. The molecule has 39 heavy (non-hydrogen) atoms. The van der Waals surface area contributed by atoms with Crippen molar-refractivity contribution in [2.24, 2.45) is 27.8 Å². The maximum absolute atomic E-state index is 14.4. The largest absolute Gasteiger partial charge is 0.378 e. The van der Waals surface area contributed by atoms with Crippen molar-refractivity contribution < 1.29 is 13.9 Å². The molecule has 4 fully saturated rings. The first-order valence-electron chi connectivity index (χ1n) is 14.7. The van der Waals surface area contributed by atoms with Crippen LogP contribution in [-0.4, -0.2) is 140 Å². The summed E-state index contributed by atoms with van der Waals surface area (Å²) in [7, 11) is 0. The van der Waals surface area contributed by atoms with Gasteiger partial charge in [0.15, 0.2) is 0 Å². The Labute approximate surface area is 237 Å². The molecule has 5 heterocycles. The van der Waals surface area contributed by atoms with Gasteiger partial charge in [-0.2, -0.15) is 0 Å². The maximum Gasteiger partial charge on any atom is 0.232 e. The van der Waals surface area contributed by atoms with Crippen LogP contribution in [-0.2, 0) is 9.53 Å². The Morgan fingerprint density at radius 1 is 1.13 bits per heavy atom. The summed E-state index contributed by atoms with van der Waals surface area (Å²) in [6.07, 6.45) is -0.178. The van der Waals surface area contributed by atoms with Crippen LogP contribution in [0.1, 0.15) is 33.1 Å². The molecule has 6 unspecified atom stereocenters. The predicted octanol–water partition coefficient (Wildman–Crippen LogP) is -0.400. The predicted molar refractivity (Wildman–Crippen MR) is 152 cm³/mol. The highest BCUT2D eigenvalue weighted by molar-refractivity contribution is 6.21. The molecule has 0 bridgehead atoms. The van der Waals surface area contributed by atoms with Crippen molar-refractivity contribution in [3.63, 3.8) is 0 Å². The topological polar surface area (TPSA) is 124 Å². The summed E-state index contributed by atoms with van der Waals surface area (Å²) >= 11 is 6.95. The highest BCUT2D eigenvalue weighted by Gasteiger charge is 2.44. The summed E-state index contributed by atoms with van der Waals surface area (Å²) < 4.78 is 19.8. The number of nitrogens with one attached hydrogen (secondary N) is 2. The number of alkyl halides is 2. The minimum absolute atomic E-state index is 0.0120. The number of rotatable bonds is 6. The zero-order valence-corrected chi connectivity index (χ0v) is 24.3. The molecular formula is C27H48ClFN8O2. The van der Waals surface area contributed by atoms with E-state index in [1.807, 2.05) is 0 Å². The third-order valence-corrected chi connectivity index (χ3v) is 9.85. The SMILES string of the molecule is CC1(C)CCC(F)CN=C(C(C(=O)NC2CNCC(Cl)C2N2CCN3CCN(C4COC4)CC3C2)C(N)N)C1. The van der Waals surface area contributed by atoms with Gasteiger partial charge in [0.25, 0.3) is 0 Å². The number of nitrogens with two attached hydrogens (primary N) is 2. The molecule has 6 N–H and O–H groups in total. The van der Waals surface area contributed by atoms with E-state index in [-0.39, 0.29) is 35.3 Å². The normalized spacial score (nSPS) is 36.3. The Bertz CT molecular complexity index is 890. The lowest BCUT2D eigenvalue weighted by Gasteiger charge is -2.53. The monoisotopic (exact) mass is 570 g/mol. The van der Waals surface area contributed by atoms with Crippen LogP contribution in [0.5, 0.6) is 0 Å². The van der Waals surface area contributed by atoms with Crippen molar-refractivity contribution in [1.29, 1.82) is 0 Å². The van der Waals surface area contributed by atoms with E-state index < -0.39 is 18.3 Å². The maximum atomic E-state index is 14.4. The Morgan fingerprint density at radius 3 is 2.51 bits per heavy atom. The van der Waals surface area contributed by atoms with Gasteiger partial charge in [-0.1, -0.05) is 13.8 Å². The van der Waals surface area contributed by atoms with Gasteiger partial charge in [-0.05, 0) is 24.7 Å². The average molecular weight is 571 g/mol. The highest BCUT2D eigenvalue weighted by atomic mass is 35.5. The standard InChI is InChI=1S/C27H48ClFN8O2/c1-27(2)4-3-17(29)10-33-21(9-27)23(25(30)31)26(38)34-22-12-32-11-20(28)24(22)37-8-6-35-5-7-36(13-18(35)14-37)19-15-39-16-19/h17-20,22-25,32H,3-16,30-31H2,1-2H3,(H,34,38). The fourth-order valence-corrected chi connectivity index (χ4v) is 7.49. The number of aliphatic imine (C=N–C) groups is 1. The van der Waals surface area contributed by atoms with Gasteiger partial charge in [-0.15, -0.1) is 11.6 Å². The van der Waals surface area contributed by atoms with Crippen molar-refractivity contribution in [3.05, 3.63) is 0 Å². The van der Waals surface area contributed by atoms with Crippen LogP contribution in [0.3, 0.4) is 0 Å². The Balaban J connectivity index is 1.28. The number of piperidine rings is 1.